The molecule has 0 N–H and O–H groups in total. The number of hydrogen-bond donors (Lipinski definition) is 0. The van der Waals surface area contributed by atoms with Crippen LogP contribution in [-0.2, 0) is 0 Å². The molecule has 0 heterocycles. The van der Waals surface area contributed by atoms with Gasteiger partial charge in [0.05, 0.1) is 9.47 Å². The van der Waals surface area contributed by atoms with Crippen molar-refractivity contribution in [1.82, 2.24) is 0 Å². The van der Waals surface area contributed by atoms with Gasteiger partial charge in [-0.05, 0) is 12.1 Å². The van der Waals surface area contributed by atoms with E-state index in [0.29, 0.717) is 0 Å². The molecule has 1 aromatic rings. The van der Waals surface area contributed by atoms with Crippen molar-refractivity contribution in [2.24, 2.45) is 0 Å². The fraction of sp³-hybridized carbons (Fsp3) is 0.625. The van der Waals surface area contributed by atoms with E-state index in [1.54, 1.807) is 0 Å². The molecular weight excluding hydrogens is 239 g/mol. The predicted molar refractivity (Wildman–Crippen MR) is 85.1 cm³/mol. The van der Waals surface area contributed by atoms with E-state index in [1.807, 2.05) is 30.3 Å². The van der Waals surface area contributed by atoms with Gasteiger partial charge in [0.15, 0.2) is 0 Å². The fourth-order valence-electron chi connectivity index (χ4n) is 1.71. The zero-order valence-corrected chi connectivity index (χ0v) is 13.2. The van der Waals surface area contributed by atoms with Gasteiger partial charge >= 0.3 is 0 Å². The van der Waals surface area contributed by atoms with E-state index >= 15 is 0 Å². The quantitative estimate of drug-likeness (QED) is 0.415. The summed E-state index contributed by atoms with van der Waals surface area (Å²) in [7, 11) is 2.19. The lowest BCUT2D eigenvalue weighted by molar-refractivity contribution is 0.585. The third kappa shape index (κ3) is 11.9. The highest BCUT2D eigenvalue weighted by atomic mass is 31.0. The Morgan fingerprint density at radius 3 is 1.56 bits per heavy atom. The van der Waals surface area contributed by atoms with Crippen molar-refractivity contribution in [3.8, 4) is 5.75 Å². The third-order valence-electron chi connectivity index (χ3n) is 2.84. The van der Waals surface area contributed by atoms with E-state index in [2.05, 4.69) is 23.3 Å². The highest BCUT2D eigenvalue weighted by Gasteiger charge is 1.87. The molecule has 1 rings (SSSR count). The zero-order valence-electron chi connectivity index (χ0n) is 12.0. The summed E-state index contributed by atoms with van der Waals surface area (Å²) in [5.74, 6) is 0.873. The van der Waals surface area contributed by atoms with Gasteiger partial charge in [-0.3, -0.25) is 0 Å². The first-order valence-corrected chi connectivity index (χ1v) is 7.74. The summed E-state index contributed by atoms with van der Waals surface area (Å²) in [6.45, 7) is 4.54. The van der Waals surface area contributed by atoms with Crippen LogP contribution in [0.25, 0.3) is 0 Å². The largest absolute Gasteiger partial charge is 0.480 e. The highest BCUT2D eigenvalue weighted by Crippen LogP contribution is 2.10. The molecule has 0 saturated carbocycles. The molecule has 1 unspecified atom stereocenters. The Kier molecular flexibility index (Phi) is 14.1. The van der Waals surface area contributed by atoms with Crippen molar-refractivity contribution in [3.05, 3.63) is 30.3 Å². The topological polar surface area (TPSA) is 9.23 Å². The van der Waals surface area contributed by atoms with Crippen molar-refractivity contribution in [2.75, 3.05) is 0 Å². The monoisotopic (exact) mass is 268 g/mol. The molecule has 0 amide bonds. The number of hydrogen-bond acceptors (Lipinski definition) is 1. The Morgan fingerprint density at radius 2 is 1.22 bits per heavy atom. The number of unbranched alkanes of at least 4 members (excludes halogenated alkanes) is 7. The van der Waals surface area contributed by atoms with Crippen LogP contribution in [0.3, 0.4) is 0 Å². The minimum Gasteiger partial charge on any atom is -0.480 e. The van der Waals surface area contributed by atoms with E-state index in [-0.39, 0.29) is 0 Å². The van der Waals surface area contributed by atoms with Crippen LogP contribution < -0.4 is 4.52 Å². The number of rotatable bonds is 8. The third-order valence-corrected chi connectivity index (χ3v) is 3.11. The normalized spacial score (nSPS) is 9.50. The molecule has 1 nitrogen and oxygen atoms in total. The number of para-hydroxylation sites is 1. The highest BCUT2D eigenvalue weighted by molar-refractivity contribution is 7.10. The van der Waals surface area contributed by atoms with E-state index < -0.39 is 0 Å². The first kappa shape index (κ1) is 17.4. The summed E-state index contributed by atoms with van der Waals surface area (Å²) in [5, 5.41) is 0. The molecule has 0 radical (unpaired) electrons. The van der Waals surface area contributed by atoms with E-state index in [9.17, 15) is 0 Å². The maximum Gasteiger partial charge on any atom is 0.122 e. The van der Waals surface area contributed by atoms with E-state index in [4.69, 9.17) is 4.52 Å². The molecule has 0 spiro atoms. The summed E-state index contributed by atoms with van der Waals surface area (Å²) in [6.07, 6.45) is 11.5. The molecule has 18 heavy (non-hydrogen) atoms. The molecule has 1 aromatic carbocycles. The lowest BCUT2D eigenvalue weighted by atomic mass is 10.1. The maximum absolute atomic E-state index is 4.83. The Morgan fingerprint density at radius 1 is 0.778 bits per heavy atom. The Balaban J connectivity index is 0.000000327. The minimum atomic E-state index is 0.873. The summed E-state index contributed by atoms with van der Waals surface area (Å²) in [5.41, 5.74) is 0. The molecule has 1 atom stereocenters. The second kappa shape index (κ2) is 14.5. The number of benzene rings is 1. The van der Waals surface area contributed by atoms with Crippen molar-refractivity contribution in [3.63, 3.8) is 0 Å². The van der Waals surface area contributed by atoms with Gasteiger partial charge in [-0.2, -0.15) is 0 Å². The first-order valence-electron chi connectivity index (χ1n) is 7.26. The van der Waals surface area contributed by atoms with Crippen molar-refractivity contribution in [1.29, 1.82) is 0 Å². The lowest BCUT2D eigenvalue weighted by Gasteiger charge is -1.97. The molecule has 0 aliphatic carbocycles. The van der Waals surface area contributed by atoms with Gasteiger partial charge in [0.25, 0.3) is 0 Å². The van der Waals surface area contributed by atoms with Crippen LogP contribution in [-0.4, -0.2) is 0 Å². The standard InChI is InChI=1S/C10H22.C6H7OP/c1-3-5-7-9-10-8-6-4-2;8-7-6-4-2-1-3-5-6/h3-10H2,1-2H3;1-5H,8H2. The average molecular weight is 268 g/mol. The smallest absolute Gasteiger partial charge is 0.122 e. The molecular formula is C16H29OP. The molecule has 104 valence electrons. The Hall–Kier alpha value is -0.550. The van der Waals surface area contributed by atoms with Crippen molar-refractivity contribution < 1.29 is 4.52 Å². The van der Waals surface area contributed by atoms with Gasteiger partial charge in [-0.1, -0.05) is 83.4 Å². The average Bonchev–Trinajstić information content (AvgIpc) is 2.44. The SMILES string of the molecule is CCCCCCCCCC.POc1ccccc1. The van der Waals surface area contributed by atoms with E-state index in [1.165, 1.54) is 51.4 Å². The Labute approximate surface area is 116 Å². The predicted octanol–water partition coefficient (Wildman–Crippen LogP) is 6.00. The maximum atomic E-state index is 4.83. The van der Waals surface area contributed by atoms with Gasteiger partial charge in [0.2, 0.25) is 0 Å². The van der Waals surface area contributed by atoms with Crippen LogP contribution in [0.15, 0.2) is 30.3 Å². The molecule has 0 bridgehead atoms. The van der Waals surface area contributed by atoms with E-state index in [0.717, 1.165) is 5.75 Å². The van der Waals surface area contributed by atoms with Crippen LogP contribution in [0.4, 0.5) is 0 Å². The van der Waals surface area contributed by atoms with Gasteiger partial charge in [-0.25, -0.2) is 0 Å². The Bertz CT molecular complexity index is 241. The van der Waals surface area contributed by atoms with Crippen LogP contribution in [0.1, 0.15) is 65.2 Å². The lowest BCUT2D eigenvalue weighted by Crippen LogP contribution is -1.77. The minimum absolute atomic E-state index is 0.873. The van der Waals surface area contributed by atoms with Crippen molar-refractivity contribution in [2.45, 2.75) is 65.2 Å². The second-order valence-electron chi connectivity index (χ2n) is 4.55. The molecule has 2 heteroatoms. The summed E-state index contributed by atoms with van der Waals surface area (Å²) < 4.78 is 4.83. The fourth-order valence-corrected chi connectivity index (χ4v) is 1.86. The second-order valence-corrected chi connectivity index (χ2v) is 4.79. The molecule has 0 aromatic heterocycles. The van der Waals surface area contributed by atoms with Crippen molar-refractivity contribution >= 4 is 9.47 Å². The van der Waals surface area contributed by atoms with Crippen LogP contribution >= 0.6 is 9.47 Å². The van der Waals surface area contributed by atoms with Gasteiger partial charge < -0.3 is 4.52 Å². The van der Waals surface area contributed by atoms with Gasteiger partial charge in [0, 0.05) is 0 Å². The van der Waals surface area contributed by atoms with Crippen LogP contribution in [0.2, 0.25) is 0 Å². The molecule has 0 fully saturated rings. The van der Waals surface area contributed by atoms with Crippen LogP contribution in [0.5, 0.6) is 5.75 Å². The first-order chi connectivity index (χ1) is 8.85. The molecule has 0 saturated heterocycles. The molecule has 0 aliphatic rings. The zero-order chi connectivity index (χ0) is 13.5. The summed E-state index contributed by atoms with van der Waals surface area (Å²) >= 11 is 0. The van der Waals surface area contributed by atoms with Crippen LogP contribution in [0, 0.1) is 0 Å². The van der Waals surface area contributed by atoms with Gasteiger partial charge in [-0.15, -0.1) is 0 Å². The summed E-state index contributed by atoms with van der Waals surface area (Å²) in [6, 6.07) is 9.60. The van der Waals surface area contributed by atoms with Gasteiger partial charge in [0.1, 0.15) is 5.75 Å². The molecule has 0 aliphatic heterocycles. The summed E-state index contributed by atoms with van der Waals surface area (Å²) in [4.78, 5) is 0.